The number of hydrogen-bond acceptors (Lipinski definition) is 3. The summed E-state index contributed by atoms with van der Waals surface area (Å²) >= 11 is 1.91. The number of carbonyl (C=O) groups is 1. The molecule has 1 heterocycles. The first-order valence-electron chi connectivity index (χ1n) is 5.19. The third kappa shape index (κ3) is 2.65. The molecule has 5 nitrogen and oxygen atoms in total. The lowest BCUT2D eigenvalue weighted by atomic mass is 10.2. The summed E-state index contributed by atoms with van der Waals surface area (Å²) < 4.78 is 14.9. The Kier molecular flexibility index (Phi) is 3.65. The van der Waals surface area contributed by atoms with Gasteiger partial charge >= 0.3 is 5.97 Å². The molecule has 0 amide bonds. The van der Waals surface area contributed by atoms with Crippen molar-refractivity contribution in [2.75, 3.05) is 0 Å². The zero-order valence-corrected chi connectivity index (χ0v) is 11.9. The van der Waals surface area contributed by atoms with Crippen LogP contribution in [0.25, 0.3) is 5.69 Å². The maximum absolute atomic E-state index is 13.0. The number of aromatic nitrogens is 2. The fourth-order valence-electron chi connectivity index (χ4n) is 1.54. The predicted octanol–water partition coefficient (Wildman–Crippen LogP) is 1.98. The number of halogens is 2. The van der Waals surface area contributed by atoms with E-state index in [2.05, 4.69) is 5.10 Å². The number of rotatable bonds is 2. The molecule has 1 N–H and O–H groups in total. The SMILES string of the molecule is Cc1cn(-c2ccc(F)cc2I)nc(C(=O)O)c1=O. The van der Waals surface area contributed by atoms with Crippen molar-refractivity contribution in [3.05, 3.63) is 55.3 Å². The molecule has 1 aromatic heterocycles. The van der Waals surface area contributed by atoms with Crippen molar-refractivity contribution < 1.29 is 14.3 Å². The van der Waals surface area contributed by atoms with Crippen molar-refractivity contribution in [3.8, 4) is 5.69 Å². The normalized spacial score (nSPS) is 10.5. The van der Waals surface area contributed by atoms with Gasteiger partial charge in [-0.25, -0.2) is 13.9 Å². The van der Waals surface area contributed by atoms with Gasteiger partial charge < -0.3 is 5.11 Å². The molecule has 19 heavy (non-hydrogen) atoms. The van der Waals surface area contributed by atoms with Crippen molar-refractivity contribution in [2.24, 2.45) is 0 Å². The molecule has 0 aliphatic rings. The molecule has 0 fully saturated rings. The van der Waals surface area contributed by atoms with E-state index < -0.39 is 22.9 Å². The molecular formula is C12H8FIN2O3. The molecular weight excluding hydrogens is 366 g/mol. The van der Waals surface area contributed by atoms with Crippen LogP contribution < -0.4 is 5.43 Å². The maximum atomic E-state index is 13.0. The van der Waals surface area contributed by atoms with Gasteiger partial charge in [-0.2, -0.15) is 5.10 Å². The van der Waals surface area contributed by atoms with E-state index in [1.54, 1.807) is 0 Å². The number of aromatic carboxylic acids is 1. The summed E-state index contributed by atoms with van der Waals surface area (Å²) in [7, 11) is 0. The molecule has 0 saturated carbocycles. The van der Waals surface area contributed by atoms with Crippen molar-refractivity contribution in [2.45, 2.75) is 6.92 Å². The minimum Gasteiger partial charge on any atom is -0.476 e. The van der Waals surface area contributed by atoms with E-state index >= 15 is 0 Å². The highest BCUT2D eigenvalue weighted by molar-refractivity contribution is 14.1. The van der Waals surface area contributed by atoms with Gasteiger partial charge in [0.25, 0.3) is 0 Å². The molecule has 2 aromatic rings. The maximum Gasteiger partial charge on any atom is 0.360 e. The second-order valence-electron chi connectivity index (χ2n) is 3.84. The van der Waals surface area contributed by atoms with Crippen LogP contribution in [0.5, 0.6) is 0 Å². The number of benzene rings is 1. The zero-order valence-electron chi connectivity index (χ0n) is 9.72. The highest BCUT2D eigenvalue weighted by atomic mass is 127. The third-order valence-corrected chi connectivity index (χ3v) is 3.32. The number of hydrogen-bond donors (Lipinski definition) is 1. The average Bonchev–Trinajstić information content (AvgIpc) is 2.32. The van der Waals surface area contributed by atoms with Crippen LogP contribution in [-0.4, -0.2) is 20.9 Å². The van der Waals surface area contributed by atoms with E-state index in [1.165, 1.54) is 36.0 Å². The standard InChI is InChI=1S/C12H8FIN2O3/c1-6-5-16(15-10(11(6)17)12(18)19)9-3-2-7(13)4-8(9)14/h2-5H,1H3,(H,18,19). The molecule has 1 aromatic carbocycles. The minimum absolute atomic E-state index is 0.257. The highest BCUT2D eigenvalue weighted by Gasteiger charge is 2.15. The first kappa shape index (κ1) is 13.7. The van der Waals surface area contributed by atoms with E-state index in [9.17, 15) is 14.0 Å². The smallest absolute Gasteiger partial charge is 0.360 e. The van der Waals surface area contributed by atoms with Gasteiger partial charge in [0.1, 0.15) is 5.82 Å². The van der Waals surface area contributed by atoms with Crippen LogP contribution in [0.4, 0.5) is 4.39 Å². The molecule has 0 aliphatic heterocycles. The van der Waals surface area contributed by atoms with Gasteiger partial charge in [0, 0.05) is 15.3 Å². The monoisotopic (exact) mass is 374 g/mol. The van der Waals surface area contributed by atoms with E-state index in [4.69, 9.17) is 5.11 Å². The Morgan fingerprint density at radius 3 is 2.74 bits per heavy atom. The lowest BCUT2D eigenvalue weighted by Gasteiger charge is -2.09. The lowest BCUT2D eigenvalue weighted by Crippen LogP contribution is -2.23. The average molecular weight is 374 g/mol. The largest absolute Gasteiger partial charge is 0.476 e. The zero-order chi connectivity index (χ0) is 14.2. The van der Waals surface area contributed by atoms with Gasteiger partial charge in [-0.15, -0.1) is 0 Å². The van der Waals surface area contributed by atoms with Crippen LogP contribution in [0.1, 0.15) is 16.1 Å². The van der Waals surface area contributed by atoms with E-state index in [-0.39, 0.29) is 5.56 Å². The Morgan fingerprint density at radius 2 is 2.16 bits per heavy atom. The summed E-state index contributed by atoms with van der Waals surface area (Å²) in [6.45, 7) is 1.50. The van der Waals surface area contributed by atoms with E-state index in [1.807, 2.05) is 22.6 Å². The summed E-state index contributed by atoms with van der Waals surface area (Å²) in [5.41, 5.74) is -0.416. The first-order chi connectivity index (χ1) is 8.90. The van der Waals surface area contributed by atoms with E-state index in [0.717, 1.165) is 0 Å². The highest BCUT2D eigenvalue weighted by Crippen LogP contribution is 2.17. The number of aryl methyl sites for hydroxylation is 1. The molecule has 0 unspecified atom stereocenters. The van der Waals surface area contributed by atoms with Gasteiger partial charge in [0.15, 0.2) is 0 Å². The molecule has 98 valence electrons. The van der Waals surface area contributed by atoms with Crippen molar-refractivity contribution in [1.29, 1.82) is 0 Å². The number of carboxylic acid groups (broad SMARTS) is 1. The first-order valence-corrected chi connectivity index (χ1v) is 6.27. The summed E-state index contributed by atoms with van der Waals surface area (Å²) in [6, 6.07) is 4.01. The van der Waals surface area contributed by atoms with Crippen LogP contribution >= 0.6 is 22.6 Å². The molecule has 0 saturated heterocycles. The molecule has 7 heteroatoms. The Labute approximate surface area is 120 Å². The van der Waals surface area contributed by atoms with Crippen molar-refractivity contribution in [3.63, 3.8) is 0 Å². The second-order valence-corrected chi connectivity index (χ2v) is 5.00. The van der Waals surface area contributed by atoms with Crippen LogP contribution in [0.2, 0.25) is 0 Å². The molecule has 2 rings (SSSR count). The quantitative estimate of drug-likeness (QED) is 0.817. The fraction of sp³-hybridized carbons (Fsp3) is 0.0833. The van der Waals surface area contributed by atoms with Gasteiger partial charge in [-0.05, 0) is 47.7 Å². The molecule has 0 radical (unpaired) electrons. The lowest BCUT2D eigenvalue weighted by molar-refractivity contribution is 0.0686. The van der Waals surface area contributed by atoms with Crippen LogP contribution in [0.15, 0.2) is 29.2 Å². The van der Waals surface area contributed by atoms with E-state index in [0.29, 0.717) is 9.26 Å². The summed E-state index contributed by atoms with van der Waals surface area (Å²) in [4.78, 5) is 22.6. The summed E-state index contributed by atoms with van der Waals surface area (Å²) in [6.07, 6.45) is 1.42. The minimum atomic E-state index is -1.39. The Balaban J connectivity index is 2.70. The second kappa shape index (κ2) is 5.08. The molecule has 0 spiro atoms. The fourth-order valence-corrected chi connectivity index (χ4v) is 2.27. The summed E-state index contributed by atoms with van der Waals surface area (Å²) in [5, 5.41) is 12.7. The Bertz CT molecular complexity index is 727. The van der Waals surface area contributed by atoms with Crippen LogP contribution in [0, 0.1) is 16.3 Å². The summed E-state index contributed by atoms with van der Waals surface area (Å²) in [5.74, 6) is -1.79. The van der Waals surface area contributed by atoms with Crippen LogP contribution in [-0.2, 0) is 0 Å². The van der Waals surface area contributed by atoms with Gasteiger partial charge in [-0.3, -0.25) is 4.79 Å². The van der Waals surface area contributed by atoms with Crippen molar-refractivity contribution in [1.82, 2.24) is 9.78 Å². The Morgan fingerprint density at radius 1 is 1.47 bits per heavy atom. The molecule has 0 atom stereocenters. The topological polar surface area (TPSA) is 72.2 Å². The molecule has 0 bridgehead atoms. The number of nitrogens with zero attached hydrogens (tertiary/aromatic N) is 2. The number of carboxylic acids is 1. The van der Waals surface area contributed by atoms with Gasteiger partial charge in [0.05, 0.1) is 5.69 Å². The van der Waals surface area contributed by atoms with Crippen LogP contribution in [0.3, 0.4) is 0 Å². The van der Waals surface area contributed by atoms with Gasteiger partial charge in [0.2, 0.25) is 11.1 Å². The predicted molar refractivity (Wildman–Crippen MR) is 74.2 cm³/mol. The third-order valence-electron chi connectivity index (χ3n) is 2.46. The van der Waals surface area contributed by atoms with Crippen molar-refractivity contribution >= 4 is 28.6 Å². The van der Waals surface area contributed by atoms with Gasteiger partial charge in [-0.1, -0.05) is 0 Å². The molecule has 0 aliphatic carbocycles. The Hall–Kier alpha value is -1.77.